The van der Waals surface area contributed by atoms with Crippen molar-refractivity contribution < 1.29 is 9.18 Å². The van der Waals surface area contributed by atoms with Gasteiger partial charge in [0.15, 0.2) is 0 Å². The fraction of sp³-hybridized carbons (Fsp3) is 0.118. The number of Topliss-reactive ketones (excluding diaryl/α,β-unsaturated/α-hetero) is 1. The molecular formula is C17H14ClFOS2Se. The number of thioether (sulfide) groups is 2. The summed E-state index contributed by atoms with van der Waals surface area (Å²) in [5.74, 6) is -0.265. The number of benzene rings is 2. The minimum absolute atomic E-state index is 0.00434. The molecular weight excluding hydrogens is 418 g/mol. The zero-order valence-corrected chi connectivity index (χ0v) is 16.6. The van der Waals surface area contributed by atoms with E-state index in [1.165, 1.54) is 12.1 Å². The molecule has 0 aliphatic rings. The normalized spacial score (nSPS) is 10.4. The summed E-state index contributed by atoms with van der Waals surface area (Å²) in [5, 5.41) is 0.603. The third-order valence-corrected chi connectivity index (χ3v) is 8.20. The number of halogens is 2. The number of carbonyl (C=O) groups excluding carboxylic acids is 1. The van der Waals surface area contributed by atoms with Gasteiger partial charge in [0.1, 0.15) is 0 Å². The molecule has 6 heteroatoms. The van der Waals surface area contributed by atoms with Crippen LogP contribution in [0.3, 0.4) is 0 Å². The fourth-order valence-electron chi connectivity index (χ4n) is 1.80. The van der Waals surface area contributed by atoms with E-state index in [-0.39, 0.29) is 26.6 Å². The molecule has 0 aromatic heterocycles. The van der Waals surface area contributed by atoms with Crippen molar-refractivity contribution in [2.24, 2.45) is 0 Å². The van der Waals surface area contributed by atoms with Crippen LogP contribution in [-0.4, -0.2) is 33.3 Å². The van der Waals surface area contributed by atoms with Crippen molar-refractivity contribution in [3.8, 4) is 0 Å². The van der Waals surface area contributed by atoms with Gasteiger partial charge >= 0.3 is 156 Å². The summed E-state index contributed by atoms with van der Waals surface area (Å²) in [6, 6.07) is 13.3. The van der Waals surface area contributed by atoms with Crippen LogP contribution in [0.2, 0.25) is 5.02 Å². The summed E-state index contributed by atoms with van der Waals surface area (Å²) in [4.78, 5) is 12.9. The molecule has 0 spiro atoms. The second-order valence-electron chi connectivity index (χ2n) is 4.42. The van der Waals surface area contributed by atoms with Crippen molar-refractivity contribution in [2.45, 2.75) is 0 Å². The Hall–Kier alpha value is -0.711. The van der Waals surface area contributed by atoms with E-state index >= 15 is 0 Å². The van der Waals surface area contributed by atoms with Crippen molar-refractivity contribution in [3.63, 3.8) is 0 Å². The molecule has 0 heterocycles. The molecule has 2 rings (SSSR count). The van der Waals surface area contributed by atoms with Crippen LogP contribution in [0.25, 0.3) is 0 Å². The first-order valence-corrected chi connectivity index (χ1v) is 11.1. The number of allylic oxidation sites excluding steroid dienone is 1. The van der Waals surface area contributed by atoms with Gasteiger partial charge in [-0.25, -0.2) is 0 Å². The number of hydrogen-bond donors (Lipinski definition) is 0. The molecule has 0 amide bonds. The maximum atomic E-state index is 13.1. The number of rotatable bonds is 6. The molecule has 0 saturated carbocycles. The first-order chi connectivity index (χ1) is 11.0. The van der Waals surface area contributed by atoms with Crippen LogP contribution >= 0.6 is 35.1 Å². The van der Waals surface area contributed by atoms with Crippen molar-refractivity contribution in [1.29, 1.82) is 0 Å². The summed E-state index contributed by atoms with van der Waals surface area (Å²) < 4.78 is 15.8. The number of hydrogen-bond acceptors (Lipinski definition) is 3. The quantitative estimate of drug-likeness (QED) is 0.378. The summed E-state index contributed by atoms with van der Waals surface area (Å²) >= 11 is 8.83. The van der Waals surface area contributed by atoms with Gasteiger partial charge in [-0.3, -0.25) is 0 Å². The van der Waals surface area contributed by atoms with Crippen LogP contribution in [-0.2, 0) is 0 Å². The molecule has 0 N–H and O–H groups in total. The SMILES string of the molecule is CSC(SC)=C([Se]c1ccc(F)cc1)C(=O)c1ccc(Cl)cc1. The molecule has 2 aromatic rings. The Labute approximate surface area is 155 Å². The molecule has 1 nitrogen and oxygen atoms in total. The second-order valence-corrected chi connectivity index (χ2v) is 9.02. The van der Waals surface area contributed by atoms with E-state index < -0.39 is 0 Å². The Morgan fingerprint density at radius 2 is 1.57 bits per heavy atom. The van der Waals surface area contributed by atoms with E-state index in [1.54, 1.807) is 59.9 Å². The van der Waals surface area contributed by atoms with E-state index in [2.05, 4.69) is 0 Å². The van der Waals surface area contributed by atoms with Crippen LogP contribution in [0, 0.1) is 5.82 Å². The van der Waals surface area contributed by atoms with Crippen LogP contribution in [0.1, 0.15) is 10.4 Å². The average Bonchev–Trinajstić information content (AvgIpc) is 2.57. The molecule has 0 saturated heterocycles. The third-order valence-electron chi connectivity index (χ3n) is 2.90. The number of ketones is 1. The minimum atomic E-state index is -0.269. The maximum absolute atomic E-state index is 13.1. The van der Waals surface area contributed by atoms with Crippen molar-refractivity contribution >= 4 is 60.3 Å². The Morgan fingerprint density at radius 3 is 2.09 bits per heavy atom. The number of carbonyl (C=O) groups is 1. The van der Waals surface area contributed by atoms with Crippen LogP contribution in [0.5, 0.6) is 0 Å². The predicted octanol–water partition coefficient (Wildman–Crippen LogP) is 4.59. The van der Waals surface area contributed by atoms with Gasteiger partial charge in [0.05, 0.1) is 0 Å². The molecule has 0 aliphatic heterocycles. The Morgan fingerprint density at radius 1 is 1.00 bits per heavy atom. The average molecular weight is 432 g/mol. The van der Waals surface area contributed by atoms with Gasteiger partial charge in [-0.2, -0.15) is 0 Å². The van der Waals surface area contributed by atoms with Gasteiger partial charge in [0.25, 0.3) is 0 Å². The standard InChI is InChI=1S/C17H14ClFOS2Se/c1-21-17(22-2)16(23-14-9-7-13(19)8-10-14)15(20)11-3-5-12(18)6-4-11/h3-10H,1-2H3. The molecule has 120 valence electrons. The summed E-state index contributed by atoms with van der Waals surface area (Å²) in [7, 11) is 0. The molecule has 0 bridgehead atoms. The van der Waals surface area contributed by atoms with Crippen LogP contribution in [0.4, 0.5) is 4.39 Å². The van der Waals surface area contributed by atoms with E-state index in [0.717, 1.165) is 13.2 Å². The van der Waals surface area contributed by atoms with Crippen molar-refractivity contribution in [1.82, 2.24) is 0 Å². The van der Waals surface area contributed by atoms with E-state index in [0.29, 0.717) is 10.6 Å². The van der Waals surface area contributed by atoms with Crippen molar-refractivity contribution in [2.75, 3.05) is 12.5 Å². The zero-order chi connectivity index (χ0) is 16.8. The topological polar surface area (TPSA) is 17.1 Å². The molecule has 0 atom stereocenters. The van der Waals surface area contributed by atoms with Crippen LogP contribution < -0.4 is 4.46 Å². The zero-order valence-electron chi connectivity index (χ0n) is 12.5. The Balaban J connectivity index is 2.38. The van der Waals surface area contributed by atoms with Gasteiger partial charge in [-0.15, -0.1) is 0 Å². The van der Waals surface area contributed by atoms with E-state index in [9.17, 15) is 9.18 Å². The monoisotopic (exact) mass is 432 g/mol. The summed E-state index contributed by atoms with van der Waals surface area (Å²) in [6.07, 6.45) is 3.92. The van der Waals surface area contributed by atoms with E-state index in [1.807, 2.05) is 12.5 Å². The van der Waals surface area contributed by atoms with Gasteiger partial charge < -0.3 is 0 Å². The van der Waals surface area contributed by atoms with Gasteiger partial charge in [-0.1, -0.05) is 0 Å². The molecule has 2 aromatic carbocycles. The first kappa shape index (κ1) is 18.6. The van der Waals surface area contributed by atoms with Crippen molar-refractivity contribution in [3.05, 3.63) is 73.6 Å². The predicted molar refractivity (Wildman–Crippen MR) is 102 cm³/mol. The molecule has 0 unspecified atom stereocenters. The third kappa shape index (κ3) is 5.13. The second kappa shape index (κ2) is 8.95. The Bertz CT molecular complexity index is 708. The molecule has 0 fully saturated rings. The first-order valence-electron chi connectivity index (χ1n) is 6.61. The Kier molecular flexibility index (Phi) is 7.25. The summed E-state index contributed by atoms with van der Waals surface area (Å²) in [6.45, 7) is 0. The molecule has 0 aliphatic carbocycles. The molecule has 0 radical (unpaired) electrons. The van der Waals surface area contributed by atoms with Gasteiger partial charge in [0.2, 0.25) is 0 Å². The van der Waals surface area contributed by atoms with E-state index in [4.69, 9.17) is 11.6 Å². The van der Waals surface area contributed by atoms with Gasteiger partial charge in [-0.05, 0) is 0 Å². The fourth-order valence-corrected chi connectivity index (χ4v) is 6.32. The van der Waals surface area contributed by atoms with Crippen LogP contribution in [0.15, 0.2) is 57.2 Å². The van der Waals surface area contributed by atoms with Gasteiger partial charge in [0, 0.05) is 0 Å². The molecule has 23 heavy (non-hydrogen) atoms. The summed E-state index contributed by atoms with van der Waals surface area (Å²) in [5.41, 5.74) is 0.619.